The fourth-order valence-corrected chi connectivity index (χ4v) is 3.46. The van der Waals surface area contributed by atoms with Crippen molar-refractivity contribution in [3.63, 3.8) is 0 Å². The van der Waals surface area contributed by atoms with E-state index in [0.717, 1.165) is 28.9 Å². The zero-order valence-electron chi connectivity index (χ0n) is 16.2. The minimum absolute atomic E-state index is 0.0926. The van der Waals surface area contributed by atoms with Crippen LogP contribution in [0.15, 0.2) is 34.9 Å². The molecule has 1 aliphatic heterocycles. The topological polar surface area (TPSA) is 63.0 Å². The molecule has 0 radical (unpaired) electrons. The van der Waals surface area contributed by atoms with Crippen LogP contribution in [0.1, 0.15) is 33.7 Å². The number of hydrogen-bond donors (Lipinski definition) is 0. The molecular weight excluding hydrogens is 344 g/mol. The van der Waals surface area contributed by atoms with Crippen LogP contribution in [-0.2, 0) is 11.2 Å². The van der Waals surface area contributed by atoms with Crippen molar-refractivity contribution in [3.05, 3.63) is 53.0 Å². The second-order valence-corrected chi connectivity index (χ2v) is 6.93. The predicted molar refractivity (Wildman–Crippen MR) is 102 cm³/mol. The maximum atomic E-state index is 12.8. The quantitative estimate of drug-likeness (QED) is 0.830. The van der Waals surface area contributed by atoms with Crippen LogP contribution in [0, 0.1) is 13.8 Å². The molecule has 2 heterocycles. The number of ether oxygens (including phenoxy) is 1. The number of rotatable bonds is 4. The molecule has 0 unspecified atom stereocenters. The van der Waals surface area contributed by atoms with E-state index in [2.05, 4.69) is 0 Å². The van der Waals surface area contributed by atoms with Gasteiger partial charge in [0, 0.05) is 26.2 Å². The SMILES string of the molecule is COc1cc(C)c(CC(=O)N2CCCN(C(=O)c3ccco3)CC2)cc1C. The van der Waals surface area contributed by atoms with Crippen LogP contribution in [0.3, 0.4) is 0 Å². The van der Waals surface area contributed by atoms with Crippen LogP contribution in [0.2, 0.25) is 0 Å². The third-order valence-electron chi connectivity index (χ3n) is 5.06. The molecule has 1 aliphatic rings. The van der Waals surface area contributed by atoms with Crippen molar-refractivity contribution in [2.24, 2.45) is 0 Å². The Morgan fingerprint density at radius 2 is 1.81 bits per heavy atom. The maximum absolute atomic E-state index is 12.8. The van der Waals surface area contributed by atoms with Crippen molar-refractivity contribution in [1.29, 1.82) is 0 Å². The van der Waals surface area contributed by atoms with Crippen LogP contribution in [0.5, 0.6) is 5.75 Å². The fourth-order valence-electron chi connectivity index (χ4n) is 3.46. The lowest BCUT2D eigenvalue weighted by Crippen LogP contribution is -2.38. The van der Waals surface area contributed by atoms with Gasteiger partial charge in [0.15, 0.2) is 5.76 Å². The van der Waals surface area contributed by atoms with Gasteiger partial charge in [0.1, 0.15) is 5.75 Å². The predicted octanol–water partition coefficient (Wildman–Crippen LogP) is 2.82. The number of furan rings is 1. The summed E-state index contributed by atoms with van der Waals surface area (Å²) in [4.78, 5) is 28.9. The van der Waals surface area contributed by atoms with Crippen LogP contribution in [0.4, 0.5) is 0 Å². The average molecular weight is 370 g/mol. The van der Waals surface area contributed by atoms with E-state index in [-0.39, 0.29) is 11.8 Å². The Kier molecular flexibility index (Phi) is 5.84. The van der Waals surface area contributed by atoms with Crippen molar-refractivity contribution in [1.82, 2.24) is 9.80 Å². The highest BCUT2D eigenvalue weighted by Gasteiger charge is 2.24. The summed E-state index contributed by atoms with van der Waals surface area (Å²) < 4.78 is 10.5. The monoisotopic (exact) mass is 370 g/mol. The standard InChI is InChI=1S/C21H26N2O4/c1-15-13-19(26-3)16(2)12-17(15)14-20(24)22-7-5-8-23(10-9-22)21(25)18-6-4-11-27-18/h4,6,11-13H,5,7-10,14H2,1-3H3. The first-order valence-corrected chi connectivity index (χ1v) is 9.24. The Morgan fingerprint density at radius 1 is 1.07 bits per heavy atom. The Hall–Kier alpha value is -2.76. The van der Waals surface area contributed by atoms with Gasteiger partial charge < -0.3 is 19.0 Å². The van der Waals surface area contributed by atoms with Crippen molar-refractivity contribution in [3.8, 4) is 5.75 Å². The lowest BCUT2D eigenvalue weighted by atomic mass is 10.0. The number of carbonyl (C=O) groups is 2. The van der Waals surface area contributed by atoms with Crippen molar-refractivity contribution < 1.29 is 18.7 Å². The molecule has 1 aromatic heterocycles. The molecule has 0 atom stereocenters. The van der Waals surface area contributed by atoms with Gasteiger partial charge in [0.2, 0.25) is 5.91 Å². The number of carbonyl (C=O) groups excluding carboxylic acids is 2. The van der Waals surface area contributed by atoms with Gasteiger partial charge in [0.25, 0.3) is 5.91 Å². The number of methoxy groups -OCH3 is 1. The fraction of sp³-hybridized carbons (Fsp3) is 0.429. The molecule has 144 valence electrons. The van der Waals surface area contributed by atoms with Crippen molar-refractivity contribution in [2.75, 3.05) is 33.3 Å². The van der Waals surface area contributed by atoms with E-state index in [4.69, 9.17) is 9.15 Å². The Morgan fingerprint density at radius 3 is 2.52 bits per heavy atom. The van der Waals surface area contributed by atoms with E-state index in [1.165, 1.54) is 6.26 Å². The summed E-state index contributed by atoms with van der Waals surface area (Å²) in [6.07, 6.45) is 2.63. The maximum Gasteiger partial charge on any atom is 0.289 e. The molecule has 2 aromatic rings. The Labute approximate surface area is 159 Å². The van der Waals surface area contributed by atoms with E-state index in [9.17, 15) is 9.59 Å². The van der Waals surface area contributed by atoms with Gasteiger partial charge in [-0.05, 0) is 55.2 Å². The zero-order valence-corrected chi connectivity index (χ0v) is 16.2. The highest BCUT2D eigenvalue weighted by atomic mass is 16.5. The van der Waals surface area contributed by atoms with Crippen LogP contribution in [0.25, 0.3) is 0 Å². The zero-order chi connectivity index (χ0) is 19.4. The van der Waals surface area contributed by atoms with E-state index in [1.807, 2.05) is 30.9 Å². The van der Waals surface area contributed by atoms with Crippen LogP contribution >= 0.6 is 0 Å². The molecule has 0 N–H and O–H groups in total. The van der Waals surface area contributed by atoms with Gasteiger partial charge >= 0.3 is 0 Å². The summed E-state index contributed by atoms with van der Waals surface area (Å²) in [6.45, 7) is 6.33. The molecule has 6 nitrogen and oxygen atoms in total. The van der Waals surface area contributed by atoms with Gasteiger partial charge in [-0.1, -0.05) is 6.07 Å². The molecule has 27 heavy (non-hydrogen) atoms. The van der Waals surface area contributed by atoms with E-state index < -0.39 is 0 Å². The van der Waals surface area contributed by atoms with Crippen LogP contribution in [-0.4, -0.2) is 54.9 Å². The second-order valence-electron chi connectivity index (χ2n) is 6.93. The van der Waals surface area contributed by atoms with E-state index in [1.54, 1.807) is 24.1 Å². The Bertz CT molecular complexity index is 814. The van der Waals surface area contributed by atoms with Crippen molar-refractivity contribution in [2.45, 2.75) is 26.7 Å². The third kappa shape index (κ3) is 4.32. The first-order valence-electron chi connectivity index (χ1n) is 9.24. The lowest BCUT2D eigenvalue weighted by molar-refractivity contribution is -0.130. The third-order valence-corrected chi connectivity index (χ3v) is 5.06. The van der Waals surface area contributed by atoms with Gasteiger partial charge in [-0.25, -0.2) is 0 Å². The highest BCUT2D eigenvalue weighted by molar-refractivity contribution is 5.91. The first-order chi connectivity index (χ1) is 13.0. The number of hydrogen-bond acceptors (Lipinski definition) is 4. The molecule has 0 saturated carbocycles. The molecule has 0 aliphatic carbocycles. The summed E-state index contributed by atoms with van der Waals surface area (Å²) in [5.41, 5.74) is 3.10. The summed E-state index contributed by atoms with van der Waals surface area (Å²) >= 11 is 0. The Balaban J connectivity index is 1.63. The van der Waals surface area contributed by atoms with Gasteiger partial charge in [-0.3, -0.25) is 9.59 Å². The number of nitrogens with zero attached hydrogens (tertiary/aromatic N) is 2. The molecular formula is C21H26N2O4. The molecule has 6 heteroatoms. The number of benzene rings is 1. The first kappa shape index (κ1) is 19.0. The largest absolute Gasteiger partial charge is 0.496 e. The molecule has 2 amide bonds. The number of aryl methyl sites for hydroxylation is 2. The average Bonchev–Trinajstić information content (AvgIpc) is 3.08. The molecule has 3 rings (SSSR count). The molecule has 1 fully saturated rings. The number of amides is 2. The van der Waals surface area contributed by atoms with E-state index in [0.29, 0.717) is 38.4 Å². The molecule has 0 bridgehead atoms. The summed E-state index contributed by atoms with van der Waals surface area (Å²) in [5, 5.41) is 0. The van der Waals surface area contributed by atoms with Gasteiger partial charge in [0.05, 0.1) is 19.8 Å². The molecule has 1 saturated heterocycles. The van der Waals surface area contributed by atoms with Gasteiger partial charge in [-0.2, -0.15) is 0 Å². The second kappa shape index (κ2) is 8.29. The normalized spacial score (nSPS) is 14.8. The van der Waals surface area contributed by atoms with Gasteiger partial charge in [-0.15, -0.1) is 0 Å². The summed E-state index contributed by atoms with van der Waals surface area (Å²) in [7, 11) is 1.65. The van der Waals surface area contributed by atoms with E-state index >= 15 is 0 Å². The summed E-state index contributed by atoms with van der Waals surface area (Å²) in [5.74, 6) is 1.16. The molecule has 1 aromatic carbocycles. The highest BCUT2D eigenvalue weighted by Crippen LogP contribution is 2.23. The minimum atomic E-state index is -0.115. The minimum Gasteiger partial charge on any atom is -0.496 e. The smallest absolute Gasteiger partial charge is 0.289 e. The van der Waals surface area contributed by atoms with Crippen molar-refractivity contribution >= 4 is 11.8 Å². The summed E-state index contributed by atoms with van der Waals surface area (Å²) in [6, 6.07) is 7.38. The molecule has 0 spiro atoms. The lowest BCUT2D eigenvalue weighted by Gasteiger charge is -2.22. The van der Waals surface area contributed by atoms with Crippen LogP contribution < -0.4 is 4.74 Å².